The van der Waals surface area contributed by atoms with E-state index in [-0.39, 0.29) is 6.42 Å². The third kappa shape index (κ3) is 9.86. The predicted molar refractivity (Wildman–Crippen MR) is 62.0 cm³/mol. The van der Waals surface area contributed by atoms with E-state index >= 15 is 0 Å². The summed E-state index contributed by atoms with van der Waals surface area (Å²) in [4.78, 5) is 10.3. The van der Waals surface area contributed by atoms with Crippen LogP contribution in [0.5, 0.6) is 0 Å². The molecule has 0 aliphatic rings. The van der Waals surface area contributed by atoms with Crippen molar-refractivity contribution in [2.75, 3.05) is 18.6 Å². The summed E-state index contributed by atoms with van der Waals surface area (Å²) in [6.07, 6.45) is 5.51. The smallest absolute Gasteiger partial charge is 0.303 e. The Hall–Kier alpha value is -0.220. The topological polar surface area (TPSA) is 49.3 Å². The molecule has 0 radical (unpaired) electrons. The van der Waals surface area contributed by atoms with Crippen LogP contribution >= 0.6 is 11.8 Å². The van der Waals surface area contributed by atoms with E-state index < -0.39 is 5.97 Å². The SMILES string of the molecule is CSCCCCNC(C)CCC(=O)O. The van der Waals surface area contributed by atoms with Crippen molar-refractivity contribution >= 4 is 17.7 Å². The van der Waals surface area contributed by atoms with E-state index in [1.165, 1.54) is 18.6 Å². The van der Waals surface area contributed by atoms with Gasteiger partial charge in [0.15, 0.2) is 0 Å². The molecule has 1 unspecified atom stereocenters. The van der Waals surface area contributed by atoms with Gasteiger partial charge < -0.3 is 10.4 Å². The molecule has 0 aromatic carbocycles. The van der Waals surface area contributed by atoms with Crippen LogP contribution in [0.4, 0.5) is 0 Å². The van der Waals surface area contributed by atoms with Gasteiger partial charge in [-0.1, -0.05) is 0 Å². The van der Waals surface area contributed by atoms with Crippen molar-refractivity contribution in [3.63, 3.8) is 0 Å². The number of hydrogen-bond donors (Lipinski definition) is 2. The van der Waals surface area contributed by atoms with Gasteiger partial charge >= 0.3 is 5.97 Å². The molecule has 1 atom stereocenters. The summed E-state index contributed by atoms with van der Waals surface area (Å²) in [7, 11) is 0. The maximum absolute atomic E-state index is 10.3. The Morgan fingerprint density at radius 3 is 2.79 bits per heavy atom. The number of carbonyl (C=O) groups is 1. The van der Waals surface area contributed by atoms with Crippen molar-refractivity contribution in [2.24, 2.45) is 0 Å². The van der Waals surface area contributed by atoms with Crippen LogP contribution < -0.4 is 5.32 Å². The summed E-state index contributed by atoms with van der Waals surface area (Å²) >= 11 is 1.87. The molecule has 0 fully saturated rings. The normalized spacial score (nSPS) is 12.7. The molecule has 4 heteroatoms. The van der Waals surface area contributed by atoms with Crippen molar-refractivity contribution in [1.82, 2.24) is 5.32 Å². The van der Waals surface area contributed by atoms with E-state index in [1.807, 2.05) is 18.7 Å². The molecule has 0 saturated heterocycles. The Balaban J connectivity index is 3.18. The number of unbranched alkanes of at least 4 members (excludes halogenated alkanes) is 1. The highest BCUT2D eigenvalue weighted by Gasteiger charge is 2.03. The standard InChI is InChI=1S/C10H21NO2S/c1-9(5-6-10(12)13)11-7-3-4-8-14-2/h9,11H,3-8H2,1-2H3,(H,12,13). The van der Waals surface area contributed by atoms with Crippen LogP contribution in [0.25, 0.3) is 0 Å². The van der Waals surface area contributed by atoms with Crippen LogP contribution in [-0.4, -0.2) is 35.7 Å². The monoisotopic (exact) mass is 219 g/mol. The zero-order valence-corrected chi connectivity index (χ0v) is 9.90. The third-order valence-electron chi connectivity index (χ3n) is 2.06. The molecule has 14 heavy (non-hydrogen) atoms. The first-order chi connectivity index (χ1) is 6.66. The van der Waals surface area contributed by atoms with E-state index in [9.17, 15) is 4.79 Å². The lowest BCUT2D eigenvalue weighted by Crippen LogP contribution is -2.27. The first-order valence-corrected chi connectivity index (χ1v) is 6.50. The summed E-state index contributed by atoms with van der Waals surface area (Å²) in [5.41, 5.74) is 0. The Morgan fingerprint density at radius 2 is 2.21 bits per heavy atom. The first kappa shape index (κ1) is 13.8. The van der Waals surface area contributed by atoms with Crippen LogP contribution in [0.1, 0.15) is 32.6 Å². The molecule has 3 nitrogen and oxygen atoms in total. The maximum Gasteiger partial charge on any atom is 0.303 e. The quantitative estimate of drug-likeness (QED) is 0.582. The molecule has 0 aromatic heterocycles. The van der Waals surface area contributed by atoms with Crippen LogP contribution in [0, 0.1) is 0 Å². The van der Waals surface area contributed by atoms with Crippen LogP contribution in [0.3, 0.4) is 0 Å². The van der Waals surface area contributed by atoms with Crippen molar-refractivity contribution in [2.45, 2.75) is 38.6 Å². The van der Waals surface area contributed by atoms with Gasteiger partial charge in [0.2, 0.25) is 0 Å². The van der Waals surface area contributed by atoms with Gasteiger partial charge in [0.25, 0.3) is 0 Å². The summed E-state index contributed by atoms with van der Waals surface area (Å²) < 4.78 is 0. The highest BCUT2D eigenvalue weighted by molar-refractivity contribution is 7.98. The van der Waals surface area contributed by atoms with E-state index in [0.29, 0.717) is 6.04 Å². The lowest BCUT2D eigenvalue weighted by molar-refractivity contribution is -0.137. The van der Waals surface area contributed by atoms with Crippen molar-refractivity contribution < 1.29 is 9.90 Å². The molecular weight excluding hydrogens is 198 g/mol. The van der Waals surface area contributed by atoms with E-state index in [0.717, 1.165) is 13.0 Å². The maximum atomic E-state index is 10.3. The summed E-state index contributed by atoms with van der Waals surface area (Å²) in [5.74, 6) is 0.506. The Kier molecular flexibility index (Phi) is 9.19. The first-order valence-electron chi connectivity index (χ1n) is 5.11. The number of thioether (sulfide) groups is 1. The van der Waals surface area contributed by atoms with Gasteiger partial charge in [0, 0.05) is 12.5 Å². The second-order valence-corrected chi connectivity index (χ2v) is 4.47. The fourth-order valence-corrected chi connectivity index (χ4v) is 1.65. The summed E-state index contributed by atoms with van der Waals surface area (Å²) in [5, 5.41) is 11.8. The van der Waals surface area contributed by atoms with Gasteiger partial charge in [0.1, 0.15) is 0 Å². The molecule has 0 bridgehead atoms. The zero-order valence-electron chi connectivity index (χ0n) is 9.08. The van der Waals surface area contributed by atoms with Gasteiger partial charge in [-0.2, -0.15) is 11.8 Å². The molecule has 0 saturated carbocycles. The Morgan fingerprint density at radius 1 is 1.50 bits per heavy atom. The minimum atomic E-state index is -0.707. The van der Waals surface area contributed by atoms with Crippen molar-refractivity contribution in [3.05, 3.63) is 0 Å². The second kappa shape index (κ2) is 9.34. The minimum Gasteiger partial charge on any atom is -0.481 e. The molecule has 84 valence electrons. The van der Waals surface area contributed by atoms with Crippen molar-refractivity contribution in [1.29, 1.82) is 0 Å². The molecule has 0 aliphatic heterocycles. The van der Waals surface area contributed by atoms with Gasteiger partial charge in [-0.25, -0.2) is 0 Å². The molecule has 0 rings (SSSR count). The number of rotatable bonds is 9. The lowest BCUT2D eigenvalue weighted by atomic mass is 10.2. The van der Waals surface area contributed by atoms with Crippen LogP contribution in [0.2, 0.25) is 0 Å². The molecule has 0 heterocycles. The minimum absolute atomic E-state index is 0.263. The van der Waals surface area contributed by atoms with E-state index in [2.05, 4.69) is 11.6 Å². The molecular formula is C10H21NO2S. The molecule has 0 aliphatic carbocycles. The Labute approximate surface area is 90.7 Å². The van der Waals surface area contributed by atoms with Gasteiger partial charge in [-0.05, 0) is 44.7 Å². The average Bonchev–Trinajstić information content (AvgIpc) is 2.14. The third-order valence-corrected chi connectivity index (χ3v) is 2.76. The second-order valence-electron chi connectivity index (χ2n) is 3.49. The highest BCUT2D eigenvalue weighted by atomic mass is 32.2. The molecule has 0 aromatic rings. The average molecular weight is 219 g/mol. The number of hydrogen-bond acceptors (Lipinski definition) is 3. The molecule has 0 amide bonds. The number of carboxylic acid groups (broad SMARTS) is 1. The highest BCUT2D eigenvalue weighted by Crippen LogP contribution is 2.00. The fourth-order valence-electron chi connectivity index (χ4n) is 1.16. The van der Waals surface area contributed by atoms with E-state index in [4.69, 9.17) is 5.11 Å². The fraction of sp³-hybridized carbons (Fsp3) is 0.900. The largest absolute Gasteiger partial charge is 0.481 e. The van der Waals surface area contributed by atoms with Gasteiger partial charge in [0.05, 0.1) is 0 Å². The van der Waals surface area contributed by atoms with Crippen LogP contribution in [-0.2, 0) is 4.79 Å². The number of aliphatic carboxylic acids is 1. The van der Waals surface area contributed by atoms with Gasteiger partial charge in [-0.15, -0.1) is 0 Å². The van der Waals surface area contributed by atoms with Crippen LogP contribution in [0.15, 0.2) is 0 Å². The van der Waals surface area contributed by atoms with E-state index in [1.54, 1.807) is 0 Å². The molecule has 0 spiro atoms. The molecule has 2 N–H and O–H groups in total. The zero-order chi connectivity index (χ0) is 10.8. The predicted octanol–water partition coefficient (Wildman–Crippen LogP) is 1.97. The van der Waals surface area contributed by atoms with Gasteiger partial charge in [-0.3, -0.25) is 4.79 Å². The number of carboxylic acids is 1. The van der Waals surface area contributed by atoms with Crippen molar-refractivity contribution in [3.8, 4) is 0 Å². The lowest BCUT2D eigenvalue weighted by Gasteiger charge is -2.11. The summed E-state index contributed by atoms with van der Waals surface area (Å²) in [6.45, 7) is 3.04. The summed E-state index contributed by atoms with van der Waals surface area (Å²) in [6, 6.07) is 0.320. The number of nitrogens with one attached hydrogen (secondary N) is 1. The Bertz CT molecular complexity index is 153.